The van der Waals surface area contributed by atoms with Gasteiger partial charge in [0.25, 0.3) is 0 Å². The van der Waals surface area contributed by atoms with Crippen molar-refractivity contribution in [3.05, 3.63) is 69.3 Å². The molecule has 0 spiro atoms. The monoisotopic (exact) mass is 471 g/mol. The number of fused-ring (bicyclic) bond motifs is 1. The Kier molecular flexibility index (Phi) is 7.51. The Morgan fingerprint density at radius 1 is 1.18 bits per heavy atom. The number of aliphatic hydroxyl groups excluding tert-OH is 1. The zero-order valence-electron chi connectivity index (χ0n) is 18.6. The molecule has 1 saturated heterocycles. The van der Waals surface area contributed by atoms with Gasteiger partial charge in [-0.05, 0) is 17.7 Å². The lowest BCUT2D eigenvalue weighted by Crippen LogP contribution is -2.38. The van der Waals surface area contributed by atoms with Crippen molar-refractivity contribution in [2.75, 3.05) is 46.1 Å². The first kappa shape index (κ1) is 23.8. The van der Waals surface area contributed by atoms with Crippen molar-refractivity contribution in [1.29, 1.82) is 0 Å². The van der Waals surface area contributed by atoms with Crippen molar-refractivity contribution in [3.8, 4) is 5.88 Å². The number of carbonyl (C=O) groups is 1. The Bertz CT molecular complexity index is 1240. The summed E-state index contributed by atoms with van der Waals surface area (Å²) >= 11 is 0. The van der Waals surface area contributed by atoms with Crippen molar-refractivity contribution in [2.45, 2.75) is 13.0 Å². The van der Waals surface area contributed by atoms with Gasteiger partial charge >= 0.3 is 5.97 Å². The Morgan fingerprint density at radius 3 is 2.65 bits per heavy atom. The van der Waals surface area contributed by atoms with Gasteiger partial charge in [-0.15, -0.1) is 0 Å². The third-order valence-corrected chi connectivity index (χ3v) is 5.75. The molecular formula is C24H26FN3O6. The predicted molar refractivity (Wildman–Crippen MR) is 122 cm³/mol. The van der Waals surface area contributed by atoms with E-state index in [1.807, 2.05) is 0 Å². The van der Waals surface area contributed by atoms with Gasteiger partial charge in [-0.25, -0.2) is 9.18 Å². The SMILES string of the molecule is O=C(O)c1cn(CCO)c2nc(OCCN3CCOCC3)c(Cc3ccccc3F)cc2c1=O. The van der Waals surface area contributed by atoms with Gasteiger partial charge in [-0.1, -0.05) is 18.2 Å². The van der Waals surface area contributed by atoms with Gasteiger partial charge in [0.2, 0.25) is 11.3 Å². The van der Waals surface area contributed by atoms with E-state index >= 15 is 0 Å². The molecule has 34 heavy (non-hydrogen) atoms. The number of halogens is 1. The summed E-state index contributed by atoms with van der Waals surface area (Å²) in [5, 5.41) is 19.0. The highest BCUT2D eigenvalue weighted by molar-refractivity contribution is 5.92. The van der Waals surface area contributed by atoms with Gasteiger partial charge in [-0.3, -0.25) is 9.69 Å². The molecule has 0 amide bonds. The predicted octanol–water partition coefficient (Wildman–Crippen LogP) is 1.53. The fraction of sp³-hybridized carbons (Fsp3) is 0.375. The van der Waals surface area contributed by atoms with Crippen LogP contribution in [-0.4, -0.2) is 76.7 Å². The minimum absolute atomic E-state index is 0.0456. The number of ether oxygens (including phenoxy) is 2. The van der Waals surface area contributed by atoms with Gasteiger partial charge in [0.05, 0.1) is 25.2 Å². The molecule has 0 saturated carbocycles. The van der Waals surface area contributed by atoms with Crippen LogP contribution in [0.25, 0.3) is 11.0 Å². The highest BCUT2D eigenvalue weighted by atomic mass is 19.1. The summed E-state index contributed by atoms with van der Waals surface area (Å²) in [6.07, 6.45) is 1.28. The van der Waals surface area contributed by atoms with Crippen LogP contribution in [0.5, 0.6) is 5.88 Å². The van der Waals surface area contributed by atoms with Gasteiger partial charge in [0, 0.05) is 44.4 Å². The van der Waals surface area contributed by atoms with Crippen LogP contribution in [0.3, 0.4) is 0 Å². The van der Waals surface area contributed by atoms with E-state index in [2.05, 4.69) is 9.88 Å². The van der Waals surface area contributed by atoms with Crippen LogP contribution in [-0.2, 0) is 17.7 Å². The Labute approximate surface area is 195 Å². The number of hydrogen-bond donors (Lipinski definition) is 2. The maximum absolute atomic E-state index is 14.4. The van der Waals surface area contributed by atoms with Gasteiger partial charge in [-0.2, -0.15) is 4.98 Å². The largest absolute Gasteiger partial charge is 0.477 e. The topological polar surface area (TPSA) is 114 Å². The number of carboxylic acids is 1. The van der Waals surface area contributed by atoms with Crippen LogP contribution in [0.15, 0.2) is 41.3 Å². The molecule has 0 unspecified atom stereocenters. The number of carboxylic acid groups (broad SMARTS) is 1. The normalized spacial score (nSPS) is 14.4. The minimum atomic E-state index is -1.37. The summed E-state index contributed by atoms with van der Waals surface area (Å²) in [5.74, 6) is -1.54. The molecule has 1 aliphatic rings. The standard InChI is InChI=1S/C24H26FN3O6/c25-20-4-2-1-3-16(20)13-17-14-18-21(30)19(24(31)32)15-28(5-9-29)22(18)26-23(17)34-12-8-27-6-10-33-11-7-27/h1-4,14-15,29H,5-13H2,(H,31,32). The Morgan fingerprint density at radius 2 is 1.94 bits per heavy atom. The lowest BCUT2D eigenvalue weighted by atomic mass is 10.0. The first-order chi connectivity index (χ1) is 16.5. The number of aromatic nitrogens is 2. The van der Waals surface area contributed by atoms with E-state index in [1.54, 1.807) is 18.2 Å². The highest BCUT2D eigenvalue weighted by Crippen LogP contribution is 2.25. The quantitative estimate of drug-likeness (QED) is 0.483. The molecule has 2 N–H and O–H groups in total. The number of aliphatic hydroxyl groups is 1. The fourth-order valence-electron chi connectivity index (χ4n) is 3.96. The second kappa shape index (κ2) is 10.7. The first-order valence-corrected chi connectivity index (χ1v) is 11.1. The first-order valence-electron chi connectivity index (χ1n) is 11.1. The molecule has 2 aromatic heterocycles. The minimum Gasteiger partial charge on any atom is -0.477 e. The number of nitrogens with zero attached hydrogens (tertiary/aromatic N) is 3. The molecule has 3 aromatic rings. The fourth-order valence-corrected chi connectivity index (χ4v) is 3.96. The highest BCUT2D eigenvalue weighted by Gasteiger charge is 2.20. The molecule has 180 valence electrons. The molecule has 3 heterocycles. The van der Waals surface area contributed by atoms with Crippen LogP contribution in [0.1, 0.15) is 21.5 Å². The Hall–Kier alpha value is -3.34. The summed E-state index contributed by atoms with van der Waals surface area (Å²) < 4.78 is 27.2. The van der Waals surface area contributed by atoms with E-state index in [0.717, 1.165) is 13.1 Å². The summed E-state index contributed by atoms with van der Waals surface area (Å²) in [4.78, 5) is 31.2. The van der Waals surface area contributed by atoms with Crippen molar-refractivity contribution in [2.24, 2.45) is 0 Å². The number of aromatic carboxylic acids is 1. The van der Waals surface area contributed by atoms with E-state index in [4.69, 9.17) is 9.47 Å². The molecular weight excluding hydrogens is 445 g/mol. The van der Waals surface area contributed by atoms with Crippen molar-refractivity contribution in [1.82, 2.24) is 14.5 Å². The summed E-state index contributed by atoms with van der Waals surface area (Å²) in [5.41, 5.74) is -0.0661. The van der Waals surface area contributed by atoms with Crippen molar-refractivity contribution in [3.63, 3.8) is 0 Å². The molecule has 10 heteroatoms. The smallest absolute Gasteiger partial charge is 0.341 e. The second-order valence-corrected chi connectivity index (χ2v) is 7.99. The molecule has 0 aliphatic carbocycles. The Balaban J connectivity index is 1.76. The number of benzene rings is 1. The third kappa shape index (κ3) is 5.24. The van der Waals surface area contributed by atoms with E-state index < -0.39 is 22.8 Å². The van der Waals surface area contributed by atoms with Crippen LogP contribution in [0.4, 0.5) is 4.39 Å². The molecule has 0 atom stereocenters. The average molecular weight is 471 g/mol. The number of rotatable bonds is 9. The van der Waals surface area contributed by atoms with E-state index in [0.29, 0.717) is 37.5 Å². The van der Waals surface area contributed by atoms with Crippen LogP contribution < -0.4 is 10.2 Å². The summed E-state index contributed by atoms with van der Waals surface area (Å²) in [6.45, 7) is 3.64. The molecule has 9 nitrogen and oxygen atoms in total. The molecule has 1 aromatic carbocycles. The third-order valence-electron chi connectivity index (χ3n) is 5.75. The molecule has 0 bridgehead atoms. The lowest BCUT2D eigenvalue weighted by molar-refractivity contribution is 0.0319. The van der Waals surface area contributed by atoms with Crippen molar-refractivity contribution < 1.29 is 28.9 Å². The van der Waals surface area contributed by atoms with Crippen LogP contribution in [0, 0.1) is 5.82 Å². The number of pyridine rings is 2. The zero-order chi connectivity index (χ0) is 24.1. The number of morpholine rings is 1. The zero-order valence-corrected chi connectivity index (χ0v) is 18.6. The number of hydrogen-bond acceptors (Lipinski definition) is 7. The molecule has 4 rings (SSSR count). The van der Waals surface area contributed by atoms with Gasteiger partial charge < -0.3 is 24.3 Å². The van der Waals surface area contributed by atoms with E-state index in [-0.39, 0.29) is 36.5 Å². The van der Waals surface area contributed by atoms with Crippen molar-refractivity contribution >= 4 is 17.0 Å². The molecule has 0 radical (unpaired) electrons. The maximum atomic E-state index is 14.4. The average Bonchev–Trinajstić information content (AvgIpc) is 2.83. The summed E-state index contributed by atoms with van der Waals surface area (Å²) in [6, 6.07) is 7.79. The lowest BCUT2D eigenvalue weighted by Gasteiger charge is -2.26. The van der Waals surface area contributed by atoms with E-state index in [1.165, 1.54) is 22.9 Å². The van der Waals surface area contributed by atoms with Crippen LogP contribution >= 0.6 is 0 Å². The maximum Gasteiger partial charge on any atom is 0.341 e. The van der Waals surface area contributed by atoms with Gasteiger partial charge in [0.15, 0.2) is 0 Å². The van der Waals surface area contributed by atoms with E-state index in [9.17, 15) is 24.2 Å². The van der Waals surface area contributed by atoms with Crippen LogP contribution in [0.2, 0.25) is 0 Å². The molecule has 1 fully saturated rings. The second-order valence-electron chi connectivity index (χ2n) is 7.99. The van der Waals surface area contributed by atoms with Gasteiger partial charge in [0.1, 0.15) is 23.6 Å². The molecule has 1 aliphatic heterocycles. The summed E-state index contributed by atoms with van der Waals surface area (Å²) in [7, 11) is 0.